The Balaban J connectivity index is 2.24. The molecule has 0 aromatic heterocycles. The summed E-state index contributed by atoms with van der Waals surface area (Å²) in [6.45, 7) is 3.77. The average molecular weight is 1030 g/mol. The van der Waals surface area contributed by atoms with E-state index < -0.39 is 49.5 Å². The summed E-state index contributed by atoms with van der Waals surface area (Å²) in [4.78, 5) is 13.1. The highest BCUT2D eigenvalue weighted by Crippen LogP contribution is 2.23. The first kappa shape index (κ1) is 68.9. The first-order valence-electron chi connectivity index (χ1n) is 31.0. The highest BCUT2D eigenvalue weighted by molar-refractivity contribution is 5.76. The van der Waals surface area contributed by atoms with E-state index in [-0.39, 0.29) is 12.5 Å². The van der Waals surface area contributed by atoms with Gasteiger partial charge in [0.1, 0.15) is 24.4 Å². The minimum Gasteiger partial charge on any atom is -0.394 e. The Morgan fingerprint density at radius 2 is 0.822 bits per heavy atom. The van der Waals surface area contributed by atoms with Crippen molar-refractivity contribution in [3.05, 3.63) is 60.8 Å². The fourth-order valence-electron chi connectivity index (χ4n) is 9.63. The summed E-state index contributed by atoms with van der Waals surface area (Å²) in [6, 6.07) is -0.832. The zero-order chi connectivity index (χ0) is 52.9. The van der Waals surface area contributed by atoms with Gasteiger partial charge in [-0.15, -0.1) is 0 Å². The molecule has 0 bridgehead atoms. The molecular formula is C64H117NO8. The van der Waals surface area contributed by atoms with E-state index in [0.717, 1.165) is 51.4 Å². The third-order valence-corrected chi connectivity index (χ3v) is 14.5. The maximum Gasteiger partial charge on any atom is 0.220 e. The highest BCUT2D eigenvalue weighted by atomic mass is 16.7. The number of unbranched alkanes of at least 4 members (excludes halogenated alkanes) is 35. The first-order chi connectivity index (χ1) is 35.8. The van der Waals surface area contributed by atoms with Gasteiger partial charge in [0.05, 0.1) is 25.4 Å². The lowest BCUT2D eigenvalue weighted by Gasteiger charge is -2.40. The van der Waals surface area contributed by atoms with Gasteiger partial charge in [0.2, 0.25) is 5.91 Å². The molecule has 1 aliphatic rings. The number of rotatable bonds is 53. The molecule has 6 N–H and O–H groups in total. The van der Waals surface area contributed by atoms with Crippen molar-refractivity contribution in [2.24, 2.45) is 0 Å². The Hall–Kier alpha value is -2.11. The van der Waals surface area contributed by atoms with Gasteiger partial charge in [-0.05, 0) is 77.0 Å². The molecule has 73 heavy (non-hydrogen) atoms. The SMILES string of the molecule is CCCCCCC/C=C\C/C=C\CCCCCCCCCCCCCC(=O)NC(COC1OC(CO)C(O)C(O)C1O)C(O)/C=C/CC/C=C/CC/C=C/CCCCCCCCCCCCCCCCCCC. The average Bonchev–Trinajstić information content (AvgIpc) is 3.39. The van der Waals surface area contributed by atoms with Crippen LogP contribution in [0.5, 0.6) is 0 Å². The van der Waals surface area contributed by atoms with Gasteiger partial charge in [-0.3, -0.25) is 4.79 Å². The van der Waals surface area contributed by atoms with Crippen molar-refractivity contribution >= 4 is 5.91 Å². The van der Waals surface area contributed by atoms with Gasteiger partial charge in [-0.1, -0.05) is 261 Å². The Bertz CT molecular complexity index is 1330. The number of hydrogen-bond donors (Lipinski definition) is 6. The van der Waals surface area contributed by atoms with Gasteiger partial charge in [0, 0.05) is 6.42 Å². The number of carbonyl (C=O) groups excluding carboxylic acids is 1. The maximum absolute atomic E-state index is 13.1. The van der Waals surface area contributed by atoms with Gasteiger partial charge in [0.25, 0.3) is 0 Å². The molecule has 0 aliphatic carbocycles. The predicted octanol–water partition coefficient (Wildman–Crippen LogP) is 15.9. The second kappa shape index (κ2) is 53.3. The van der Waals surface area contributed by atoms with Crippen LogP contribution in [0.25, 0.3) is 0 Å². The molecule has 1 heterocycles. The topological polar surface area (TPSA) is 149 Å². The van der Waals surface area contributed by atoms with Crippen molar-refractivity contribution in [3.8, 4) is 0 Å². The third kappa shape index (κ3) is 42.7. The Morgan fingerprint density at radius 1 is 0.466 bits per heavy atom. The van der Waals surface area contributed by atoms with Gasteiger partial charge in [0.15, 0.2) is 6.29 Å². The molecule has 0 saturated carbocycles. The van der Waals surface area contributed by atoms with Crippen LogP contribution in [0.2, 0.25) is 0 Å². The lowest BCUT2D eigenvalue weighted by Crippen LogP contribution is -2.60. The van der Waals surface area contributed by atoms with Crippen molar-refractivity contribution in [2.45, 2.75) is 326 Å². The Labute approximate surface area is 449 Å². The predicted molar refractivity (Wildman–Crippen MR) is 309 cm³/mol. The zero-order valence-electron chi connectivity index (χ0n) is 47.4. The van der Waals surface area contributed by atoms with Crippen LogP contribution in [0.4, 0.5) is 0 Å². The van der Waals surface area contributed by atoms with Crippen molar-refractivity contribution in [2.75, 3.05) is 13.2 Å². The number of carbonyl (C=O) groups is 1. The van der Waals surface area contributed by atoms with E-state index in [2.05, 4.69) is 67.8 Å². The van der Waals surface area contributed by atoms with Crippen LogP contribution < -0.4 is 5.32 Å². The lowest BCUT2D eigenvalue weighted by molar-refractivity contribution is -0.302. The molecule has 0 aromatic rings. The standard InChI is InChI=1S/C64H117NO8/c1-3-5-7-9-11-13-15-17-19-21-23-25-27-28-29-30-32-33-35-37-39-41-43-45-47-49-51-53-58(67)57(56-72-64-63(71)62(70)61(69)59(55-66)73-64)65-60(68)54-52-50-48-46-44-42-40-38-36-34-31-26-24-22-20-18-16-14-12-10-8-6-4-2/h16,18,22,24,35,37,43,45,51,53,57-59,61-64,66-67,69-71H,3-15,17,19-21,23,25-34,36,38-42,44,46-50,52,54-56H2,1-2H3,(H,65,68)/b18-16-,24-22-,37-35+,45-43+,53-51+. The Morgan fingerprint density at radius 3 is 1.23 bits per heavy atom. The molecule has 7 unspecified atom stereocenters. The minimum absolute atomic E-state index is 0.192. The van der Waals surface area contributed by atoms with Crippen LogP contribution >= 0.6 is 0 Å². The normalized spacial score (nSPS) is 19.5. The van der Waals surface area contributed by atoms with E-state index in [9.17, 15) is 30.3 Å². The van der Waals surface area contributed by atoms with Crippen molar-refractivity contribution < 1.29 is 39.8 Å². The van der Waals surface area contributed by atoms with Gasteiger partial charge < -0.3 is 40.3 Å². The van der Waals surface area contributed by atoms with E-state index in [1.807, 2.05) is 6.08 Å². The maximum atomic E-state index is 13.1. The molecule has 0 aromatic carbocycles. The number of nitrogens with one attached hydrogen (secondary N) is 1. The summed E-state index contributed by atoms with van der Waals surface area (Å²) in [6.07, 6.45) is 65.8. The van der Waals surface area contributed by atoms with Crippen LogP contribution in [-0.4, -0.2) is 87.5 Å². The number of ether oxygens (including phenoxy) is 2. The van der Waals surface area contributed by atoms with Crippen LogP contribution in [0.15, 0.2) is 60.8 Å². The van der Waals surface area contributed by atoms with Gasteiger partial charge in [-0.25, -0.2) is 0 Å². The summed E-state index contributed by atoms with van der Waals surface area (Å²) >= 11 is 0. The first-order valence-corrected chi connectivity index (χ1v) is 31.0. The Kier molecular flexibility index (Phi) is 50.3. The molecular weight excluding hydrogens is 911 g/mol. The fraction of sp³-hybridized carbons (Fsp3) is 0.828. The third-order valence-electron chi connectivity index (χ3n) is 14.5. The number of allylic oxidation sites excluding steroid dienone is 9. The minimum atomic E-state index is -1.58. The molecule has 426 valence electrons. The van der Waals surface area contributed by atoms with E-state index in [1.165, 1.54) is 212 Å². The molecule has 7 atom stereocenters. The summed E-state index contributed by atoms with van der Waals surface area (Å²) in [7, 11) is 0. The number of aliphatic hydroxyl groups excluding tert-OH is 5. The molecule has 9 nitrogen and oxygen atoms in total. The van der Waals surface area contributed by atoms with E-state index >= 15 is 0 Å². The van der Waals surface area contributed by atoms with E-state index in [0.29, 0.717) is 6.42 Å². The number of amides is 1. The van der Waals surface area contributed by atoms with E-state index in [1.54, 1.807) is 6.08 Å². The van der Waals surface area contributed by atoms with Crippen molar-refractivity contribution in [1.29, 1.82) is 0 Å². The second-order valence-corrected chi connectivity index (χ2v) is 21.5. The molecule has 0 spiro atoms. The highest BCUT2D eigenvalue weighted by Gasteiger charge is 2.44. The molecule has 1 fully saturated rings. The van der Waals surface area contributed by atoms with Crippen molar-refractivity contribution in [1.82, 2.24) is 5.32 Å². The van der Waals surface area contributed by atoms with Gasteiger partial charge in [-0.2, -0.15) is 0 Å². The molecule has 1 rings (SSSR count). The second-order valence-electron chi connectivity index (χ2n) is 21.5. The summed E-state index contributed by atoms with van der Waals surface area (Å²) in [5.74, 6) is -0.192. The van der Waals surface area contributed by atoms with Crippen LogP contribution in [0, 0.1) is 0 Å². The van der Waals surface area contributed by atoms with Crippen LogP contribution in [0.3, 0.4) is 0 Å². The molecule has 1 saturated heterocycles. The van der Waals surface area contributed by atoms with Crippen molar-refractivity contribution in [3.63, 3.8) is 0 Å². The lowest BCUT2D eigenvalue weighted by atomic mass is 9.99. The summed E-state index contributed by atoms with van der Waals surface area (Å²) in [5, 5.41) is 54.6. The monoisotopic (exact) mass is 1030 g/mol. The van der Waals surface area contributed by atoms with Crippen LogP contribution in [0.1, 0.15) is 284 Å². The zero-order valence-corrected chi connectivity index (χ0v) is 47.4. The molecule has 1 amide bonds. The number of hydrogen-bond acceptors (Lipinski definition) is 8. The summed E-state index contributed by atoms with van der Waals surface area (Å²) in [5.41, 5.74) is 0. The quantitative estimate of drug-likeness (QED) is 0.0261. The van der Waals surface area contributed by atoms with Gasteiger partial charge >= 0.3 is 0 Å². The molecule has 0 radical (unpaired) electrons. The largest absolute Gasteiger partial charge is 0.394 e. The van der Waals surface area contributed by atoms with E-state index in [4.69, 9.17) is 9.47 Å². The summed E-state index contributed by atoms with van der Waals surface area (Å²) < 4.78 is 11.3. The number of aliphatic hydroxyl groups is 5. The molecule has 1 aliphatic heterocycles. The van der Waals surface area contributed by atoms with Crippen LogP contribution in [-0.2, 0) is 14.3 Å². The fourth-order valence-corrected chi connectivity index (χ4v) is 9.63. The molecule has 9 heteroatoms. The smallest absolute Gasteiger partial charge is 0.220 e.